The number of carbonyl (C=O) groups is 1. The van der Waals surface area contributed by atoms with Crippen LogP contribution in [0.25, 0.3) is 0 Å². The van der Waals surface area contributed by atoms with E-state index in [1.54, 1.807) is 18.5 Å². The number of carbonyl (C=O) groups excluding carboxylic acids is 1. The molecule has 0 saturated carbocycles. The Kier molecular flexibility index (Phi) is 3.98. The van der Waals surface area contributed by atoms with E-state index in [4.69, 9.17) is 0 Å². The van der Waals surface area contributed by atoms with Gasteiger partial charge in [0.25, 0.3) is 0 Å². The van der Waals surface area contributed by atoms with Crippen molar-refractivity contribution >= 4 is 27.8 Å². The Morgan fingerprint density at radius 3 is 2.76 bits per heavy atom. The Bertz CT molecular complexity index is 662. The van der Waals surface area contributed by atoms with Crippen LogP contribution in [0, 0.1) is 0 Å². The van der Waals surface area contributed by atoms with E-state index in [1.165, 1.54) is 11.1 Å². The van der Waals surface area contributed by atoms with Gasteiger partial charge in [-0.15, -0.1) is 0 Å². The van der Waals surface area contributed by atoms with E-state index in [1.807, 2.05) is 19.1 Å². The molecule has 0 saturated heterocycles. The van der Waals surface area contributed by atoms with Crippen molar-refractivity contribution in [2.24, 2.45) is 0 Å². The molecule has 0 aliphatic carbocycles. The van der Waals surface area contributed by atoms with Gasteiger partial charge in [0.2, 0.25) is 11.9 Å². The number of fused-ring (bicyclic) bond motifs is 1. The summed E-state index contributed by atoms with van der Waals surface area (Å²) < 4.78 is 1.10. The van der Waals surface area contributed by atoms with Gasteiger partial charge in [-0.05, 0) is 30.2 Å². The first-order valence-corrected chi connectivity index (χ1v) is 7.52. The van der Waals surface area contributed by atoms with E-state index in [-0.39, 0.29) is 11.9 Å². The summed E-state index contributed by atoms with van der Waals surface area (Å²) in [6.45, 7) is 3.44. The van der Waals surface area contributed by atoms with Gasteiger partial charge in [-0.25, -0.2) is 9.97 Å². The van der Waals surface area contributed by atoms with Crippen molar-refractivity contribution in [1.82, 2.24) is 14.9 Å². The number of amides is 1. The van der Waals surface area contributed by atoms with Gasteiger partial charge in [0.1, 0.15) is 0 Å². The Morgan fingerprint density at radius 1 is 1.29 bits per heavy atom. The predicted octanol–water partition coefficient (Wildman–Crippen LogP) is 2.58. The molecule has 0 fully saturated rings. The number of anilines is 1. The molecule has 1 aliphatic heterocycles. The van der Waals surface area contributed by atoms with E-state index in [9.17, 15) is 4.79 Å². The molecule has 108 valence electrons. The van der Waals surface area contributed by atoms with E-state index in [0.29, 0.717) is 5.95 Å². The fourth-order valence-electron chi connectivity index (χ4n) is 2.42. The number of nitrogens with one attached hydrogen (secondary N) is 1. The normalized spacial score (nSPS) is 15.5. The van der Waals surface area contributed by atoms with Crippen LogP contribution in [0.3, 0.4) is 0 Å². The van der Waals surface area contributed by atoms with Crippen molar-refractivity contribution in [2.45, 2.75) is 26.1 Å². The van der Waals surface area contributed by atoms with Gasteiger partial charge in [0, 0.05) is 30.0 Å². The lowest BCUT2D eigenvalue weighted by atomic mass is 10.1. The molecule has 1 atom stereocenters. The quantitative estimate of drug-likeness (QED) is 0.927. The summed E-state index contributed by atoms with van der Waals surface area (Å²) in [7, 11) is 0. The predicted molar refractivity (Wildman–Crippen MR) is 83.5 cm³/mol. The molecule has 5 nitrogen and oxygen atoms in total. The summed E-state index contributed by atoms with van der Waals surface area (Å²) in [4.78, 5) is 22.4. The van der Waals surface area contributed by atoms with Crippen LogP contribution in [0.15, 0.2) is 41.1 Å². The van der Waals surface area contributed by atoms with Gasteiger partial charge >= 0.3 is 0 Å². The fourth-order valence-corrected chi connectivity index (χ4v) is 2.96. The van der Waals surface area contributed by atoms with Crippen molar-refractivity contribution in [2.75, 3.05) is 5.32 Å². The zero-order chi connectivity index (χ0) is 14.8. The maximum absolute atomic E-state index is 12.3. The Balaban J connectivity index is 1.69. The molecule has 1 N–H and O–H groups in total. The van der Waals surface area contributed by atoms with Gasteiger partial charge in [0.05, 0.1) is 6.04 Å². The zero-order valence-electron chi connectivity index (χ0n) is 11.6. The van der Waals surface area contributed by atoms with Crippen LogP contribution >= 0.6 is 15.9 Å². The topological polar surface area (TPSA) is 58.1 Å². The first kappa shape index (κ1) is 14.2. The summed E-state index contributed by atoms with van der Waals surface area (Å²) in [6.07, 6.45) is 3.21. The van der Waals surface area contributed by atoms with Crippen molar-refractivity contribution in [1.29, 1.82) is 0 Å². The maximum atomic E-state index is 12.3. The van der Waals surface area contributed by atoms with Crippen molar-refractivity contribution < 1.29 is 4.79 Å². The van der Waals surface area contributed by atoms with Crippen LogP contribution in [0.2, 0.25) is 0 Å². The van der Waals surface area contributed by atoms with E-state index in [0.717, 1.165) is 17.6 Å². The number of hydrogen-bond acceptors (Lipinski definition) is 4. The minimum absolute atomic E-state index is 0.0925. The molecule has 0 radical (unpaired) electrons. The largest absolute Gasteiger partial charge is 0.293 e. The molecule has 2 aromatic rings. The molecular weight excluding hydrogens is 332 g/mol. The average molecular weight is 347 g/mol. The van der Waals surface area contributed by atoms with Crippen LogP contribution in [0.1, 0.15) is 18.1 Å². The molecular formula is C15H15BrN4O. The van der Waals surface area contributed by atoms with E-state index < -0.39 is 0 Å². The molecule has 6 heteroatoms. The Labute approximate surface area is 131 Å². The Hall–Kier alpha value is -1.79. The molecule has 2 heterocycles. The highest BCUT2D eigenvalue weighted by molar-refractivity contribution is 9.10. The van der Waals surface area contributed by atoms with Crippen LogP contribution in [0.4, 0.5) is 5.95 Å². The molecule has 1 aliphatic rings. The molecule has 3 rings (SSSR count). The minimum atomic E-state index is -0.242. The number of benzene rings is 1. The highest BCUT2D eigenvalue weighted by Gasteiger charge is 2.28. The van der Waals surface area contributed by atoms with Crippen LogP contribution < -0.4 is 5.32 Å². The van der Waals surface area contributed by atoms with Gasteiger partial charge in [-0.2, -0.15) is 0 Å². The summed E-state index contributed by atoms with van der Waals surface area (Å²) in [5.74, 6) is 0.248. The second-order valence-electron chi connectivity index (χ2n) is 5.02. The maximum Gasteiger partial charge on any atom is 0.243 e. The van der Waals surface area contributed by atoms with Crippen molar-refractivity contribution in [3.05, 3.63) is 52.3 Å². The Morgan fingerprint density at radius 2 is 2.05 bits per heavy atom. The first-order valence-electron chi connectivity index (χ1n) is 6.73. The fraction of sp³-hybridized carbons (Fsp3) is 0.267. The van der Waals surface area contributed by atoms with Gasteiger partial charge in [-0.1, -0.05) is 28.1 Å². The van der Waals surface area contributed by atoms with Gasteiger partial charge < -0.3 is 0 Å². The molecule has 0 spiro atoms. The minimum Gasteiger partial charge on any atom is -0.293 e. The van der Waals surface area contributed by atoms with Gasteiger partial charge in [-0.3, -0.25) is 15.0 Å². The smallest absolute Gasteiger partial charge is 0.243 e. The highest BCUT2D eigenvalue weighted by Crippen LogP contribution is 2.30. The number of halogens is 1. The molecule has 1 aromatic heterocycles. The number of aromatic nitrogens is 2. The van der Waals surface area contributed by atoms with Gasteiger partial charge in [0.15, 0.2) is 0 Å². The second-order valence-corrected chi connectivity index (χ2v) is 5.87. The van der Waals surface area contributed by atoms with E-state index in [2.05, 4.69) is 42.2 Å². The molecule has 21 heavy (non-hydrogen) atoms. The molecule has 0 bridgehead atoms. The standard InChI is InChI=1S/C15H15BrN4O/c1-10(14(21)19-15-17-6-3-7-18-15)20-8-11-4-2-5-13(16)12(11)9-20/h2-7,10H,8-9H2,1H3,(H,17,18,19,21)/t10-/m1/s1. The van der Waals surface area contributed by atoms with Crippen LogP contribution in [-0.4, -0.2) is 26.8 Å². The second kappa shape index (κ2) is 5.91. The zero-order valence-corrected chi connectivity index (χ0v) is 13.2. The third-order valence-electron chi connectivity index (χ3n) is 3.68. The lowest BCUT2D eigenvalue weighted by molar-refractivity contribution is -0.121. The molecule has 1 amide bonds. The highest BCUT2D eigenvalue weighted by atomic mass is 79.9. The lowest BCUT2D eigenvalue weighted by Gasteiger charge is -2.22. The first-order chi connectivity index (χ1) is 10.1. The average Bonchev–Trinajstić information content (AvgIpc) is 2.93. The van der Waals surface area contributed by atoms with Crippen LogP contribution in [0.5, 0.6) is 0 Å². The third kappa shape index (κ3) is 2.96. The number of rotatable bonds is 3. The van der Waals surface area contributed by atoms with Crippen LogP contribution in [-0.2, 0) is 17.9 Å². The summed E-state index contributed by atoms with van der Waals surface area (Å²) in [5.41, 5.74) is 2.52. The van der Waals surface area contributed by atoms with Crippen molar-refractivity contribution in [3.63, 3.8) is 0 Å². The summed E-state index contributed by atoms with van der Waals surface area (Å²) >= 11 is 3.57. The monoisotopic (exact) mass is 346 g/mol. The van der Waals surface area contributed by atoms with E-state index >= 15 is 0 Å². The summed E-state index contributed by atoms with van der Waals surface area (Å²) in [5, 5.41) is 2.75. The molecule has 0 unspecified atom stereocenters. The number of nitrogens with zero attached hydrogens (tertiary/aromatic N) is 3. The summed E-state index contributed by atoms with van der Waals surface area (Å²) in [6, 6.07) is 7.63. The SMILES string of the molecule is C[C@H](C(=O)Nc1ncccn1)N1Cc2cccc(Br)c2C1. The van der Waals surface area contributed by atoms with Crippen molar-refractivity contribution in [3.8, 4) is 0 Å². The lowest BCUT2D eigenvalue weighted by Crippen LogP contribution is -2.39. The molecule has 1 aromatic carbocycles. The third-order valence-corrected chi connectivity index (χ3v) is 4.42. The number of hydrogen-bond donors (Lipinski definition) is 1.